The first-order valence-corrected chi connectivity index (χ1v) is 4.82. The second-order valence-electron chi connectivity index (χ2n) is 3.81. The monoisotopic (exact) mass is 185 g/mol. The molecule has 0 radical (unpaired) electrons. The van der Waals surface area contributed by atoms with E-state index in [2.05, 4.69) is 0 Å². The lowest BCUT2D eigenvalue weighted by atomic mass is 10.0. The summed E-state index contributed by atoms with van der Waals surface area (Å²) < 4.78 is 4.96. The number of hydrogen-bond donors (Lipinski definition) is 1. The van der Waals surface area contributed by atoms with Crippen LogP contribution >= 0.6 is 0 Å². The summed E-state index contributed by atoms with van der Waals surface area (Å²) in [5.74, 6) is 0.218. The highest BCUT2D eigenvalue weighted by atomic mass is 16.5. The van der Waals surface area contributed by atoms with Gasteiger partial charge in [0.1, 0.15) is 0 Å². The zero-order chi connectivity index (χ0) is 9.26. The Morgan fingerprint density at radius 1 is 1.46 bits per heavy atom. The average molecular weight is 185 g/mol. The van der Waals surface area contributed by atoms with Crippen LogP contribution in [-0.2, 0) is 9.53 Å². The van der Waals surface area contributed by atoms with Gasteiger partial charge in [-0.25, -0.2) is 0 Å². The maximum absolute atomic E-state index is 11.7. The number of carbonyl (C=O) groups excluding carboxylic acids is 1. The van der Waals surface area contributed by atoms with Crippen molar-refractivity contribution >= 4 is 5.91 Å². The molecule has 0 aromatic rings. The zero-order valence-corrected chi connectivity index (χ0v) is 7.61. The Morgan fingerprint density at radius 2 is 2.23 bits per heavy atom. The molecule has 0 spiro atoms. The van der Waals surface area contributed by atoms with Crippen LogP contribution in [0, 0.1) is 5.92 Å². The fourth-order valence-electron chi connectivity index (χ4n) is 1.79. The molecule has 4 nitrogen and oxygen atoms in total. The molecule has 2 aliphatic heterocycles. The molecule has 4 heteroatoms. The highest BCUT2D eigenvalue weighted by Crippen LogP contribution is 2.17. The summed E-state index contributed by atoms with van der Waals surface area (Å²) >= 11 is 0. The van der Waals surface area contributed by atoms with Gasteiger partial charge < -0.3 is 14.7 Å². The molecule has 2 saturated heterocycles. The van der Waals surface area contributed by atoms with E-state index in [9.17, 15) is 9.90 Å². The number of rotatable bonds is 1. The summed E-state index contributed by atoms with van der Waals surface area (Å²) in [6.45, 7) is 2.43. The molecule has 74 valence electrons. The van der Waals surface area contributed by atoms with E-state index < -0.39 is 0 Å². The first-order chi connectivity index (χ1) is 6.27. The van der Waals surface area contributed by atoms with E-state index in [1.807, 2.05) is 0 Å². The molecule has 2 fully saturated rings. The molecule has 2 aliphatic rings. The van der Waals surface area contributed by atoms with Gasteiger partial charge in [-0.05, 0) is 12.8 Å². The van der Waals surface area contributed by atoms with Gasteiger partial charge in [0.25, 0.3) is 0 Å². The maximum Gasteiger partial charge on any atom is 0.230 e. The van der Waals surface area contributed by atoms with Crippen LogP contribution in [-0.4, -0.2) is 48.3 Å². The van der Waals surface area contributed by atoms with E-state index in [0.717, 1.165) is 19.4 Å². The molecule has 1 amide bonds. The van der Waals surface area contributed by atoms with Crippen LogP contribution in [0.4, 0.5) is 0 Å². The highest BCUT2D eigenvalue weighted by Gasteiger charge is 2.32. The molecule has 1 atom stereocenters. The van der Waals surface area contributed by atoms with Crippen molar-refractivity contribution in [3.63, 3.8) is 0 Å². The van der Waals surface area contributed by atoms with Crippen molar-refractivity contribution in [3.05, 3.63) is 0 Å². The summed E-state index contributed by atoms with van der Waals surface area (Å²) in [4.78, 5) is 13.4. The summed E-state index contributed by atoms with van der Waals surface area (Å²) in [6, 6.07) is 0. The number of β-amino-alcohol motifs (C(OH)–C–C–N with tert-alkyl or cyclic N) is 1. The fourth-order valence-corrected chi connectivity index (χ4v) is 1.79. The van der Waals surface area contributed by atoms with Gasteiger partial charge in [0.2, 0.25) is 5.91 Å². The number of ether oxygens (including phenoxy) is 1. The number of likely N-dealkylation sites (tertiary alicyclic amines) is 1. The minimum absolute atomic E-state index is 0.0605. The van der Waals surface area contributed by atoms with Crippen molar-refractivity contribution in [1.82, 2.24) is 4.90 Å². The SMILES string of the molecule is O=C(C1COC1)N1CCCC(O)C1. The van der Waals surface area contributed by atoms with Crippen LogP contribution in [0.5, 0.6) is 0 Å². The summed E-state index contributed by atoms with van der Waals surface area (Å²) in [5.41, 5.74) is 0. The van der Waals surface area contributed by atoms with E-state index >= 15 is 0 Å². The molecule has 13 heavy (non-hydrogen) atoms. The summed E-state index contributed by atoms with van der Waals surface area (Å²) in [5, 5.41) is 9.38. The molecule has 1 N–H and O–H groups in total. The van der Waals surface area contributed by atoms with Crippen molar-refractivity contribution < 1.29 is 14.6 Å². The highest BCUT2D eigenvalue weighted by molar-refractivity contribution is 5.79. The molecule has 1 unspecified atom stereocenters. The normalized spacial score (nSPS) is 29.9. The van der Waals surface area contributed by atoms with Crippen LogP contribution in [0.15, 0.2) is 0 Å². The zero-order valence-electron chi connectivity index (χ0n) is 7.61. The molecule has 2 rings (SSSR count). The van der Waals surface area contributed by atoms with Crippen LogP contribution in [0.3, 0.4) is 0 Å². The van der Waals surface area contributed by atoms with Gasteiger partial charge in [-0.3, -0.25) is 4.79 Å². The van der Waals surface area contributed by atoms with Gasteiger partial charge in [0, 0.05) is 13.1 Å². The number of aliphatic hydroxyl groups is 1. The quantitative estimate of drug-likeness (QED) is 0.605. The molecule has 0 aromatic carbocycles. The third-order valence-corrected chi connectivity index (χ3v) is 2.70. The lowest BCUT2D eigenvalue weighted by Crippen LogP contribution is -2.49. The van der Waals surface area contributed by atoms with Gasteiger partial charge in [-0.2, -0.15) is 0 Å². The maximum atomic E-state index is 11.7. The second kappa shape index (κ2) is 3.64. The number of carbonyl (C=O) groups is 1. The van der Waals surface area contributed by atoms with Crippen molar-refractivity contribution in [2.75, 3.05) is 26.3 Å². The number of piperidine rings is 1. The number of hydrogen-bond acceptors (Lipinski definition) is 3. The summed E-state index contributed by atoms with van der Waals surface area (Å²) in [7, 11) is 0. The smallest absolute Gasteiger partial charge is 0.230 e. The van der Waals surface area contributed by atoms with Crippen molar-refractivity contribution in [3.8, 4) is 0 Å². The first-order valence-electron chi connectivity index (χ1n) is 4.82. The molecule has 0 aliphatic carbocycles. The fraction of sp³-hybridized carbons (Fsp3) is 0.889. The molecule has 0 saturated carbocycles. The standard InChI is InChI=1S/C9H15NO3/c11-8-2-1-3-10(4-8)9(12)7-5-13-6-7/h7-8,11H,1-6H2. The minimum Gasteiger partial charge on any atom is -0.391 e. The number of aliphatic hydroxyl groups excluding tert-OH is 1. The van der Waals surface area contributed by atoms with Crippen molar-refractivity contribution in [1.29, 1.82) is 0 Å². The Kier molecular flexibility index (Phi) is 2.51. The number of nitrogens with zero attached hydrogens (tertiary/aromatic N) is 1. The molecular formula is C9H15NO3. The Balaban J connectivity index is 1.87. The van der Waals surface area contributed by atoms with Gasteiger partial charge in [0.15, 0.2) is 0 Å². The van der Waals surface area contributed by atoms with Gasteiger partial charge in [0.05, 0.1) is 25.2 Å². The van der Waals surface area contributed by atoms with E-state index in [-0.39, 0.29) is 17.9 Å². The topological polar surface area (TPSA) is 49.8 Å². The van der Waals surface area contributed by atoms with E-state index in [0.29, 0.717) is 19.8 Å². The van der Waals surface area contributed by atoms with Crippen LogP contribution in [0.2, 0.25) is 0 Å². The third kappa shape index (κ3) is 1.84. The molecular weight excluding hydrogens is 170 g/mol. The summed E-state index contributed by atoms with van der Waals surface area (Å²) in [6.07, 6.45) is 1.42. The lowest BCUT2D eigenvalue weighted by molar-refractivity contribution is -0.152. The Hall–Kier alpha value is -0.610. The number of amides is 1. The van der Waals surface area contributed by atoms with Crippen LogP contribution in [0.25, 0.3) is 0 Å². The van der Waals surface area contributed by atoms with Gasteiger partial charge >= 0.3 is 0 Å². The molecule has 2 heterocycles. The third-order valence-electron chi connectivity index (χ3n) is 2.70. The van der Waals surface area contributed by atoms with E-state index in [1.54, 1.807) is 4.90 Å². The van der Waals surface area contributed by atoms with E-state index in [1.165, 1.54) is 0 Å². The van der Waals surface area contributed by atoms with E-state index in [4.69, 9.17) is 4.74 Å². The van der Waals surface area contributed by atoms with Gasteiger partial charge in [-0.15, -0.1) is 0 Å². The molecule has 0 aromatic heterocycles. The Morgan fingerprint density at radius 3 is 2.77 bits per heavy atom. The average Bonchev–Trinajstić information content (AvgIpc) is 2.01. The van der Waals surface area contributed by atoms with Crippen molar-refractivity contribution in [2.24, 2.45) is 5.92 Å². The predicted molar refractivity (Wildman–Crippen MR) is 46.1 cm³/mol. The Bertz CT molecular complexity index is 203. The lowest BCUT2D eigenvalue weighted by Gasteiger charge is -2.35. The minimum atomic E-state index is -0.321. The first kappa shape index (κ1) is 8.97. The largest absolute Gasteiger partial charge is 0.391 e. The second-order valence-corrected chi connectivity index (χ2v) is 3.81. The molecule has 0 bridgehead atoms. The predicted octanol–water partition coefficient (Wildman–Crippen LogP) is -0.384. The van der Waals surface area contributed by atoms with Crippen LogP contribution in [0.1, 0.15) is 12.8 Å². The van der Waals surface area contributed by atoms with Crippen molar-refractivity contribution in [2.45, 2.75) is 18.9 Å². The Labute approximate surface area is 77.5 Å². The van der Waals surface area contributed by atoms with Crippen LogP contribution < -0.4 is 0 Å². The van der Waals surface area contributed by atoms with Gasteiger partial charge in [-0.1, -0.05) is 0 Å².